The first-order valence-electron chi connectivity index (χ1n) is 9.22. The van der Waals surface area contributed by atoms with E-state index < -0.39 is 32.3 Å². The van der Waals surface area contributed by atoms with Crippen molar-refractivity contribution in [3.63, 3.8) is 0 Å². The van der Waals surface area contributed by atoms with Crippen LogP contribution in [0.2, 0.25) is 0 Å². The fraction of sp³-hybridized carbons (Fsp3) is 0.474. The van der Waals surface area contributed by atoms with Crippen LogP contribution in [-0.4, -0.2) is 49.9 Å². The van der Waals surface area contributed by atoms with E-state index in [4.69, 9.17) is 14.4 Å². The van der Waals surface area contributed by atoms with Crippen LogP contribution in [0.4, 0.5) is 13.2 Å². The topological polar surface area (TPSA) is 102 Å². The van der Waals surface area contributed by atoms with Gasteiger partial charge in [0.05, 0.1) is 17.6 Å². The van der Waals surface area contributed by atoms with E-state index >= 15 is 0 Å². The van der Waals surface area contributed by atoms with Gasteiger partial charge in [0.15, 0.2) is 12.9 Å². The first kappa shape index (κ1) is 27.3. The van der Waals surface area contributed by atoms with E-state index in [2.05, 4.69) is 5.09 Å². The smallest absolute Gasteiger partial charge is 0.412 e. The Labute approximate surface area is 182 Å². The molecule has 2 N–H and O–H groups in total. The van der Waals surface area contributed by atoms with Gasteiger partial charge in [-0.1, -0.05) is 13.0 Å². The number of rotatable bonds is 10. The summed E-state index contributed by atoms with van der Waals surface area (Å²) in [5, 5.41) is 10.1. The Hall–Kier alpha value is -1.78. The number of thiophene rings is 1. The van der Waals surface area contributed by atoms with E-state index in [1.54, 1.807) is 31.2 Å². The lowest BCUT2D eigenvalue weighted by atomic mass is 10.2. The normalized spacial score (nSPS) is 14.3. The van der Waals surface area contributed by atoms with E-state index in [-0.39, 0.29) is 12.8 Å². The number of alkyl halides is 3. The average molecular weight is 483 g/mol. The molecule has 0 aliphatic carbocycles. The minimum atomic E-state index is -4.68. The number of carbonyl (C=O) groups excluding carboxylic acids is 2. The third-order valence-electron chi connectivity index (χ3n) is 3.74. The molecule has 2 unspecified atom stereocenters. The number of aliphatic hydroxyl groups excluding tert-OH is 1. The van der Waals surface area contributed by atoms with Crippen molar-refractivity contribution >= 4 is 41.2 Å². The molecule has 0 amide bonds. The molecule has 0 spiro atoms. The van der Waals surface area contributed by atoms with E-state index in [0.717, 1.165) is 11.8 Å². The highest BCUT2D eigenvalue weighted by Gasteiger charge is 2.36. The summed E-state index contributed by atoms with van der Waals surface area (Å²) in [6.45, 7) is 1.57. The standard InChI is InChI=1S/C18H21F3NO5PS.CH4O/c1-3-6-26-17(24)12(2)22-28(25,27-11-18(19,20)21)10-13-4-5-16-14(7-13)8-15(9-23)29-16;1-2/h4-5,7-9,12H,3,6,10-11H2,1-2H3,(H,22,25);2H,1H3. The molecule has 1 aromatic carbocycles. The zero-order chi connectivity index (χ0) is 23.7. The molecule has 0 aliphatic heterocycles. The Morgan fingerprint density at radius 1 is 1.32 bits per heavy atom. The molecule has 1 aromatic heterocycles. The SMILES string of the molecule is CCCOC(=O)C(C)NP(=O)(Cc1ccc2sc(C=O)cc2c1)OCC(F)(F)F.CO. The van der Waals surface area contributed by atoms with Gasteiger partial charge >= 0.3 is 12.1 Å². The summed E-state index contributed by atoms with van der Waals surface area (Å²) in [5.74, 6) is -0.730. The molecule has 0 radical (unpaired) electrons. The molecular weight excluding hydrogens is 458 g/mol. The van der Waals surface area contributed by atoms with Crippen LogP contribution in [0.25, 0.3) is 10.1 Å². The summed E-state index contributed by atoms with van der Waals surface area (Å²) >= 11 is 1.27. The molecule has 0 aliphatic rings. The van der Waals surface area contributed by atoms with E-state index in [1.165, 1.54) is 18.3 Å². The largest absolute Gasteiger partial charge is 0.465 e. The van der Waals surface area contributed by atoms with Crippen LogP contribution >= 0.6 is 18.9 Å². The first-order valence-corrected chi connectivity index (χ1v) is 11.8. The molecule has 0 saturated heterocycles. The van der Waals surface area contributed by atoms with Crippen molar-refractivity contribution in [1.29, 1.82) is 0 Å². The Kier molecular flexibility index (Phi) is 10.8. The lowest BCUT2D eigenvalue weighted by Gasteiger charge is -2.23. The van der Waals surface area contributed by atoms with Gasteiger partial charge in [0.1, 0.15) is 6.04 Å². The number of carbonyl (C=O) groups is 2. The van der Waals surface area contributed by atoms with Crippen LogP contribution in [-0.2, 0) is 24.8 Å². The fourth-order valence-corrected chi connectivity index (χ4v) is 5.34. The highest BCUT2D eigenvalue weighted by molar-refractivity contribution is 7.56. The van der Waals surface area contributed by atoms with Crippen LogP contribution < -0.4 is 5.09 Å². The Morgan fingerprint density at radius 3 is 2.58 bits per heavy atom. The average Bonchev–Trinajstić information content (AvgIpc) is 3.14. The number of nitrogens with one attached hydrogen (secondary N) is 1. The van der Waals surface area contributed by atoms with Gasteiger partial charge < -0.3 is 14.4 Å². The van der Waals surface area contributed by atoms with Crippen LogP contribution in [0.1, 0.15) is 35.5 Å². The minimum absolute atomic E-state index is 0.145. The van der Waals surface area contributed by atoms with Crippen molar-refractivity contribution in [1.82, 2.24) is 5.09 Å². The molecule has 174 valence electrons. The molecule has 2 atom stereocenters. The summed E-state index contributed by atoms with van der Waals surface area (Å²) in [7, 11) is -3.09. The molecule has 31 heavy (non-hydrogen) atoms. The number of ether oxygens (including phenoxy) is 1. The Balaban J connectivity index is 0.00000233. The third-order valence-corrected chi connectivity index (χ3v) is 6.89. The van der Waals surface area contributed by atoms with Crippen molar-refractivity contribution in [2.45, 2.75) is 38.6 Å². The molecule has 2 aromatic rings. The van der Waals surface area contributed by atoms with Gasteiger partial charge in [-0.25, -0.2) is 5.09 Å². The number of hydrogen-bond acceptors (Lipinski definition) is 7. The second kappa shape index (κ2) is 12.3. The van der Waals surface area contributed by atoms with Gasteiger partial charge in [-0.3, -0.25) is 14.2 Å². The van der Waals surface area contributed by atoms with Gasteiger partial charge in [0, 0.05) is 11.8 Å². The zero-order valence-electron chi connectivity index (χ0n) is 17.3. The van der Waals surface area contributed by atoms with Gasteiger partial charge in [0.25, 0.3) is 7.52 Å². The monoisotopic (exact) mass is 483 g/mol. The molecule has 0 bridgehead atoms. The maximum atomic E-state index is 13.1. The van der Waals surface area contributed by atoms with Crippen LogP contribution in [0.3, 0.4) is 0 Å². The number of esters is 1. The summed E-state index contributed by atoms with van der Waals surface area (Å²) in [6, 6.07) is 5.43. The predicted molar refractivity (Wildman–Crippen MR) is 113 cm³/mol. The second-order valence-electron chi connectivity index (χ2n) is 6.38. The van der Waals surface area contributed by atoms with E-state index in [1.807, 2.05) is 0 Å². The van der Waals surface area contributed by atoms with Crippen molar-refractivity contribution < 1.29 is 41.7 Å². The highest BCUT2D eigenvalue weighted by atomic mass is 32.1. The molecular formula is C19H25F3NO6PS. The van der Waals surface area contributed by atoms with Gasteiger partial charge in [-0.15, -0.1) is 11.3 Å². The Bertz CT molecular complexity index is 918. The third kappa shape index (κ3) is 9.08. The Morgan fingerprint density at radius 2 is 2.00 bits per heavy atom. The maximum Gasteiger partial charge on any atom is 0.412 e. The molecule has 7 nitrogen and oxygen atoms in total. The van der Waals surface area contributed by atoms with E-state index in [9.17, 15) is 27.3 Å². The summed E-state index contributed by atoms with van der Waals surface area (Å²) in [4.78, 5) is 23.3. The summed E-state index contributed by atoms with van der Waals surface area (Å²) in [6.07, 6.45) is -3.77. The molecule has 2 rings (SSSR count). The summed E-state index contributed by atoms with van der Waals surface area (Å²) in [5.41, 5.74) is 0.444. The fourth-order valence-electron chi connectivity index (χ4n) is 2.49. The molecule has 0 fully saturated rings. The number of halogens is 3. The van der Waals surface area contributed by atoms with Gasteiger partial charge in [0.2, 0.25) is 0 Å². The van der Waals surface area contributed by atoms with Gasteiger partial charge in [-0.2, -0.15) is 13.2 Å². The molecule has 0 saturated carbocycles. The van der Waals surface area contributed by atoms with Crippen LogP contribution in [0, 0.1) is 0 Å². The van der Waals surface area contributed by atoms with Crippen molar-refractivity contribution in [3.8, 4) is 0 Å². The maximum absolute atomic E-state index is 13.1. The minimum Gasteiger partial charge on any atom is -0.465 e. The highest BCUT2D eigenvalue weighted by Crippen LogP contribution is 2.48. The lowest BCUT2D eigenvalue weighted by molar-refractivity contribution is -0.153. The van der Waals surface area contributed by atoms with Crippen LogP contribution in [0.15, 0.2) is 24.3 Å². The van der Waals surface area contributed by atoms with E-state index in [0.29, 0.717) is 28.5 Å². The number of benzene rings is 1. The number of aldehydes is 1. The first-order chi connectivity index (χ1) is 14.5. The van der Waals surface area contributed by atoms with Gasteiger partial charge in [-0.05, 0) is 42.5 Å². The predicted octanol–water partition coefficient (Wildman–Crippen LogP) is 4.53. The quantitative estimate of drug-likeness (QED) is 0.291. The second-order valence-corrected chi connectivity index (χ2v) is 9.67. The van der Waals surface area contributed by atoms with Crippen molar-refractivity contribution in [2.24, 2.45) is 0 Å². The van der Waals surface area contributed by atoms with Crippen molar-refractivity contribution in [2.75, 3.05) is 20.3 Å². The molecule has 1 heterocycles. The number of fused-ring (bicyclic) bond motifs is 1. The number of hydrogen-bond donors (Lipinski definition) is 2. The molecule has 12 heteroatoms. The van der Waals surface area contributed by atoms with Crippen LogP contribution in [0.5, 0.6) is 0 Å². The number of aliphatic hydroxyl groups is 1. The summed E-state index contributed by atoms with van der Waals surface area (Å²) < 4.78 is 61.5. The zero-order valence-corrected chi connectivity index (χ0v) is 19.0. The lowest BCUT2D eigenvalue weighted by Crippen LogP contribution is -2.35. The van der Waals surface area contributed by atoms with Crippen molar-refractivity contribution in [3.05, 3.63) is 34.7 Å².